The second kappa shape index (κ2) is 7.95. The topological polar surface area (TPSA) is 88.1 Å². The molecule has 0 unspecified atom stereocenters. The van der Waals surface area contributed by atoms with Crippen molar-refractivity contribution in [2.24, 2.45) is 0 Å². The quantitative estimate of drug-likeness (QED) is 0.739. The Bertz CT molecular complexity index is 605. The monoisotopic (exact) mass is 350 g/mol. The van der Waals surface area contributed by atoms with Crippen LogP contribution in [-0.4, -0.2) is 60.0 Å². The van der Waals surface area contributed by atoms with Gasteiger partial charge in [-0.15, -0.1) is 0 Å². The van der Waals surface area contributed by atoms with Gasteiger partial charge in [-0.25, -0.2) is 4.79 Å². The third-order valence-electron chi connectivity index (χ3n) is 4.52. The van der Waals surface area contributed by atoms with Gasteiger partial charge in [-0.05, 0) is 26.3 Å². The number of amides is 1. The number of rotatable bonds is 6. The van der Waals surface area contributed by atoms with Crippen molar-refractivity contribution >= 4 is 11.9 Å². The van der Waals surface area contributed by atoms with Crippen molar-refractivity contribution in [2.75, 3.05) is 20.3 Å². The van der Waals surface area contributed by atoms with Crippen molar-refractivity contribution in [3.63, 3.8) is 0 Å². The highest BCUT2D eigenvalue weighted by atomic mass is 16.5. The second-order valence-electron chi connectivity index (χ2n) is 6.53. The molecule has 1 saturated heterocycles. The van der Waals surface area contributed by atoms with E-state index in [1.807, 2.05) is 49.1 Å². The first-order valence-corrected chi connectivity index (χ1v) is 8.28. The lowest BCUT2D eigenvalue weighted by Gasteiger charge is -2.38. The first kappa shape index (κ1) is 19.4. The van der Waals surface area contributed by atoms with Crippen LogP contribution in [0.2, 0.25) is 0 Å². The van der Waals surface area contributed by atoms with Gasteiger partial charge in [0.1, 0.15) is 5.72 Å². The molecule has 138 valence electrons. The van der Waals surface area contributed by atoms with Crippen molar-refractivity contribution in [1.82, 2.24) is 10.2 Å². The number of nitrogens with one attached hydrogen (secondary N) is 1. The van der Waals surface area contributed by atoms with Gasteiger partial charge in [-0.1, -0.05) is 30.3 Å². The molecule has 0 spiro atoms. The normalized spacial score (nSPS) is 22.2. The van der Waals surface area contributed by atoms with E-state index in [4.69, 9.17) is 4.74 Å². The Balaban J connectivity index is 2.20. The Morgan fingerprint density at radius 1 is 1.40 bits per heavy atom. The van der Waals surface area contributed by atoms with Gasteiger partial charge >= 0.3 is 5.97 Å². The Hall–Kier alpha value is -1.96. The molecular weight excluding hydrogens is 324 g/mol. The van der Waals surface area contributed by atoms with Crippen LogP contribution in [-0.2, 0) is 19.1 Å². The van der Waals surface area contributed by atoms with Crippen LogP contribution in [0.4, 0.5) is 0 Å². The van der Waals surface area contributed by atoms with Crippen LogP contribution in [0.25, 0.3) is 0 Å². The average Bonchev–Trinajstić information content (AvgIpc) is 2.93. The van der Waals surface area contributed by atoms with Crippen molar-refractivity contribution in [1.29, 1.82) is 0 Å². The van der Waals surface area contributed by atoms with E-state index < -0.39 is 30.4 Å². The number of aliphatic hydroxyl groups excluding tert-OH is 1. The third-order valence-corrected chi connectivity index (χ3v) is 4.52. The van der Waals surface area contributed by atoms with E-state index in [2.05, 4.69) is 10.1 Å². The largest absolute Gasteiger partial charge is 0.467 e. The van der Waals surface area contributed by atoms with Crippen molar-refractivity contribution in [3.05, 3.63) is 35.9 Å². The maximum atomic E-state index is 12.7. The third kappa shape index (κ3) is 4.18. The molecule has 1 aliphatic rings. The van der Waals surface area contributed by atoms with E-state index in [9.17, 15) is 14.7 Å². The highest BCUT2D eigenvalue weighted by Crippen LogP contribution is 2.38. The summed E-state index contributed by atoms with van der Waals surface area (Å²) in [6.07, 6.45) is 0. The minimum absolute atomic E-state index is 0.0809. The summed E-state index contributed by atoms with van der Waals surface area (Å²) in [6, 6.07) is 8.10. The molecule has 7 heteroatoms. The summed E-state index contributed by atoms with van der Waals surface area (Å²) >= 11 is 0. The van der Waals surface area contributed by atoms with Gasteiger partial charge in [0.25, 0.3) is 0 Å². The molecule has 1 aromatic rings. The van der Waals surface area contributed by atoms with Gasteiger partial charge in [-0.3, -0.25) is 9.69 Å². The van der Waals surface area contributed by atoms with E-state index in [1.54, 1.807) is 6.92 Å². The van der Waals surface area contributed by atoms with Crippen LogP contribution in [0.3, 0.4) is 0 Å². The molecule has 0 bridgehead atoms. The molecule has 0 aliphatic carbocycles. The number of hydrogen-bond donors (Lipinski definition) is 2. The predicted molar refractivity (Wildman–Crippen MR) is 91.5 cm³/mol. The van der Waals surface area contributed by atoms with Gasteiger partial charge in [0, 0.05) is 0 Å². The zero-order valence-electron chi connectivity index (χ0n) is 15.1. The SMILES string of the molecule is COC(=O)[C@H](CO)NC(=O)[C@@H](C)N1[C@H](c2ccccc2)COC1(C)C. The lowest BCUT2D eigenvalue weighted by Crippen LogP contribution is -2.55. The smallest absolute Gasteiger partial charge is 0.330 e. The highest BCUT2D eigenvalue weighted by Gasteiger charge is 2.46. The molecule has 1 aliphatic heterocycles. The number of methoxy groups -OCH3 is 1. The molecule has 1 aromatic carbocycles. The van der Waals surface area contributed by atoms with E-state index in [0.29, 0.717) is 6.61 Å². The van der Waals surface area contributed by atoms with E-state index in [1.165, 1.54) is 7.11 Å². The Morgan fingerprint density at radius 2 is 2.04 bits per heavy atom. The molecule has 0 radical (unpaired) electrons. The van der Waals surface area contributed by atoms with Crippen LogP contribution in [0.15, 0.2) is 30.3 Å². The molecule has 2 rings (SSSR count). The number of carbonyl (C=O) groups excluding carboxylic acids is 2. The van der Waals surface area contributed by atoms with Crippen LogP contribution in [0.5, 0.6) is 0 Å². The Labute approximate surface area is 147 Å². The lowest BCUT2D eigenvalue weighted by molar-refractivity contribution is -0.148. The first-order valence-electron chi connectivity index (χ1n) is 8.28. The Kier molecular flexibility index (Phi) is 6.16. The molecule has 7 nitrogen and oxygen atoms in total. The highest BCUT2D eigenvalue weighted by molar-refractivity contribution is 5.87. The number of nitrogens with zero attached hydrogens (tertiary/aromatic N) is 1. The van der Waals surface area contributed by atoms with Gasteiger partial charge in [0.15, 0.2) is 6.04 Å². The van der Waals surface area contributed by atoms with Crippen LogP contribution in [0, 0.1) is 0 Å². The number of esters is 1. The van der Waals surface area contributed by atoms with E-state index in [0.717, 1.165) is 5.56 Å². The predicted octanol–water partition coefficient (Wildman–Crippen LogP) is 0.835. The first-order chi connectivity index (χ1) is 11.8. The fourth-order valence-corrected chi connectivity index (χ4v) is 3.22. The van der Waals surface area contributed by atoms with E-state index in [-0.39, 0.29) is 11.9 Å². The van der Waals surface area contributed by atoms with Crippen LogP contribution >= 0.6 is 0 Å². The van der Waals surface area contributed by atoms with Gasteiger partial charge < -0.3 is 19.9 Å². The van der Waals surface area contributed by atoms with Crippen molar-refractivity contribution in [2.45, 2.75) is 44.6 Å². The van der Waals surface area contributed by atoms with Gasteiger partial charge in [0.05, 0.1) is 32.4 Å². The van der Waals surface area contributed by atoms with Crippen LogP contribution < -0.4 is 5.32 Å². The van der Waals surface area contributed by atoms with Crippen LogP contribution in [0.1, 0.15) is 32.4 Å². The summed E-state index contributed by atoms with van der Waals surface area (Å²) < 4.78 is 10.5. The van der Waals surface area contributed by atoms with Gasteiger partial charge in [-0.2, -0.15) is 0 Å². The number of aliphatic hydroxyl groups is 1. The lowest BCUT2D eigenvalue weighted by atomic mass is 10.0. The summed E-state index contributed by atoms with van der Waals surface area (Å²) in [5.74, 6) is -1.05. The van der Waals surface area contributed by atoms with E-state index >= 15 is 0 Å². The number of carbonyl (C=O) groups is 2. The number of benzene rings is 1. The second-order valence-corrected chi connectivity index (χ2v) is 6.53. The van der Waals surface area contributed by atoms with Crippen molar-refractivity contribution < 1.29 is 24.2 Å². The minimum Gasteiger partial charge on any atom is -0.467 e. The maximum Gasteiger partial charge on any atom is 0.330 e. The molecule has 2 N–H and O–H groups in total. The molecule has 1 heterocycles. The molecule has 1 fully saturated rings. The number of ether oxygens (including phenoxy) is 2. The van der Waals surface area contributed by atoms with Gasteiger partial charge in [0.2, 0.25) is 5.91 Å². The maximum absolute atomic E-state index is 12.7. The average molecular weight is 350 g/mol. The molecule has 3 atom stereocenters. The Morgan fingerprint density at radius 3 is 2.60 bits per heavy atom. The molecular formula is C18H26N2O5. The summed E-state index contributed by atoms with van der Waals surface area (Å²) in [6.45, 7) is 5.52. The zero-order valence-corrected chi connectivity index (χ0v) is 15.1. The molecule has 25 heavy (non-hydrogen) atoms. The zero-order chi connectivity index (χ0) is 18.6. The fourth-order valence-electron chi connectivity index (χ4n) is 3.22. The minimum atomic E-state index is -1.08. The molecule has 0 aromatic heterocycles. The summed E-state index contributed by atoms with van der Waals surface area (Å²) in [5.41, 5.74) is 0.413. The summed E-state index contributed by atoms with van der Waals surface area (Å²) in [5, 5.41) is 11.8. The molecule has 0 saturated carbocycles. The summed E-state index contributed by atoms with van der Waals surface area (Å²) in [4.78, 5) is 26.2. The number of hydrogen-bond acceptors (Lipinski definition) is 6. The standard InChI is InChI=1S/C18H26N2O5/c1-12(16(22)19-14(10-21)17(23)24-4)20-15(11-25-18(20,2)3)13-8-6-5-7-9-13/h5-9,12,14-15,21H,10-11H2,1-4H3,(H,19,22)/t12-,14+,15+/m1/s1. The fraction of sp³-hybridized carbons (Fsp3) is 0.556. The van der Waals surface area contributed by atoms with Crippen molar-refractivity contribution in [3.8, 4) is 0 Å². The summed E-state index contributed by atoms with van der Waals surface area (Å²) in [7, 11) is 1.21. The molecule has 1 amide bonds.